The van der Waals surface area contributed by atoms with Crippen molar-refractivity contribution in [1.82, 2.24) is 0 Å². The summed E-state index contributed by atoms with van der Waals surface area (Å²) in [6.07, 6.45) is 4.93. The van der Waals surface area contributed by atoms with Crippen LogP contribution in [0.5, 0.6) is 0 Å². The lowest BCUT2D eigenvalue weighted by atomic mass is 9.93. The third-order valence-corrected chi connectivity index (χ3v) is 1.82. The lowest BCUT2D eigenvalue weighted by molar-refractivity contribution is -0.114. The summed E-state index contributed by atoms with van der Waals surface area (Å²) in [5, 5.41) is 0. The number of carbonyl (C=O) groups is 1. The predicted molar refractivity (Wildman–Crippen MR) is 46.4 cm³/mol. The summed E-state index contributed by atoms with van der Waals surface area (Å²) in [7, 11) is 0. The van der Waals surface area contributed by atoms with Gasteiger partial charge in [-0.25, -0.2) is 0 Å². The standard InChI is InChI=1S/C10H16O/c1-10(2,3)7-8-5-4-6-9(8)11/h7H,4-6H2,1-3H3. The number of carbonyl (C=O) groups excluding carboxylic acids is 1. The maximum absolute atomic E-state index is 11.2. The van der Waals surface area contributed by atoms with Crippen LogP contribution < -0.4 is 0 Å². The van der Waals surface area contributed by atoms with Crippen molar-refractivity contribution in [3.63, 3.8) is 0 Å². The van der Waals surface area contributed by atoms with Crippen molar-refractivity contribution in [1.29, 1.82) is 0 Å². The van der Waals surface area contributed by atoms with Crippen molar-refractivity contribution >= 4 is 5.78 Å². The van der Waals surface area contributed by atoms with Gasteiger partial charge in [-0.3, -0.25) is 4.79 Å². The van der Waals surface area contributed by atoms with Crippen molar-refractivity contribution in [2.75, 3.05) is 0 Å². The molecule has 1 aliphatic carbocycles. The Balaban J connectivity index is 2.73. The molecular weight excluding hydrogens is 136 g/mol. The van der Waals surface area contributed by atoms with E-state index >= 15 is 0 Å². The minimum Gasteiger partial charge on any atom is -0.295 e. The molecule has 1 heteroatoms. The fourth-order valence-electron chi connectivity index (χ4n) is 1.41. The van der Waals surface area contributed by atoms with Crippen LogP contribution in [-0.4, -0.2) is 5.78 Å². The van der Waals surface area contributed by atoms with Crippen LogP contribution in [0.3, 0.4) is 0 Å². The molecule has 1 rings (SSSR count). The van der Waals surface area contributed by atoms with E-state index in [0.29, 0.717) is 5.78 Å². The fourth-order valence-corrected chi connectivity index (χ4v) is 1.41. The molecule has 0 saturated heterocycles. The van der Waals surface area contributed by atoms with E-state index < -0.39 is 0 Å². The van der Waals surface area contributed by atoms with Crippen LogP contribution in [0.1, 0.15) is 40.0 Å². The van der Waals surface area contributed by atoms with Gasteiger partial charge in [-0.05, 0) is 23.8 Å². The SMILES string of the molecule is CC(C)(C)C=C1CCCC1=O. The van der Waals surface area contributed by atoms with Gasteiger partial charge in [0, 0.05) is 6.42 Å². The summed E-state index contributed by atoms with van der Waals surface area (Å²) in [6.45, 7) is 6.39. The van der Waals surface area contributed by atoms with Crippen molar-refractivity contribution in [2.24, 2.45) is 5.41 Å². The smallest absolute Gasteiger partial charge is 0.158 e. The first kappa shape index (κ1) is 8.51. The van der Waals surface area contributed by atoms with Gasteiger partial charge in [0.05, 0.1) is 0 Å². The average Bonchev–Trinajstić information content (AvgIpc) is 2.12. The zero-order valence-corrected chi connectivity index (χ0v) is 7.61. The molecule has 0 atom stereocenters. The van der Waals surface area contributed by atoms with Gasteiger partial charge >= 0.3 is 0 Å². The number of Topliss-reactive ketones (excluding diaryl/α,β-unsaturated/α-hetero) is 1. The monoisotopic (exact) mass is 152 g/mol. The Labute approximate surface area is 68.5 Å². The lowest BCUT2D eigenvalue weighted by Crippen LogP contribution is -2.03. The molecule has 0 bridgehead atoms. The highest BCUT2D eigenvalue weighted by Gasteiger charge is 2.19. The Morgan fingerprint density at radius 3 is 2.27 bits per heavy atom. The highest BCUT2D eigenvalue weighted by atomic mass is 16.1. The third-order valence-electron chi connectivity index (χ3n) is 1.82. The van der Waals surface area contributed by atoms with Gasteiger partial charge in [-0.2, -0.15) is 0 Å². The maximum Gasteiger partial charge on any atom is 0.158 e. The van der Waals surface area contributed by atoms with Crippen molar-refractivity contribution in [2.45, 2.75) is 40.0 Å². The first-order valence-electron chi connectivity index (χ1n) is 4.24. The van der Waals surface area contributed by atoms with Gasteiger partial charge in [-0.15, -0.1) is 0 Å². The van der Waals surface area contributed by atoms with Gasteiger partial charge in [0.2, 0.25) is 0 Å². The molecule has 0 aliphatic heterocycles. The molecule has 0 aromatic carbocycles. The molecule has 0 aromatic heterocycles. The second kappa shape index (κ2) is 2.80. The minimum atomic E-state index is 0.162. The normalized spacial score (nSPS) is 23.2. The van der Waals surface area contributed by atoms with E-state index in [2.05, 4.69) is 26.8 Å². The van der Waals surface area contributed by atoms with Crippen LogP contribution >= 0.6 is 0 Å². The van der Waals surface area contributed by atoms with E-state index in [1.807, 2.05) is 0 Å². The van der Waals surface area contributed by atoms with Crippen molar-refractivity contribution < 1.29 is 4.79 Å². The second-order valence-corrected chi connectivity index (χ2v) is 4.31. The van der Waals surface area contributed by atoms with Crippen molar-refractivity contribution in [3.8, 4) is 0 Å². The Morgan fingerprint density at radius 2 is 1.91 bits per heavy atom. The van der Waals surface area contributed by atoms with Crippen LogP contribution in [0.15, 0.2) is 11.6 Å². The number of allylic oxidation sites excluding steroid dienone is 2. The molecule has 1 nitrogen and oxygen atoms in total. The molecular formula is C10H16O. The zero-order chi connectivity index (χ0) is 8.48. The Bertz CT molecular complexity index is 193. The summed E-state index contributed by atoms with van der Waals surface area (Å²) in [6, 6.07) is 0. The summed E-state index contributed by atoms with van der Waals surface area (Å²) >= 11 is 0. The van der Waals surface area contributed by atoms with E-state index in [1.54, 1.807) is 0 Å². The highest BCUT2D eigenvalue weighted by molar-refractivity contribution is 5.97. The van der Waals surface area contributed by atoms with E-state index in [1.165, 1.54) is 0 Å². The Kier molecular flexibility index (Phi) is 2.17. The first-order chi connectivity index (χ1) is 4.99. The number of hydrogen-bond acceptors (Lipinski definition) is 1. The summed E-state index contributed by atoms with van der Waals surface area (Å²) in [5.41, 5.74) is 1.22. The molecule has 0 aromatic rings. The lowest BCUT2D eigenvalue weighted by Gasteiger charge is -2.12. The number of ketones is 1. The van der Waals surface area contributed by atoms with Crippen LogP contribution in [0.25, 0.3) is 0 Å². The quantitative estimate of drug-likeness (QED) is 0.488. The van der Waals surface area contributed by atoms with Gasteiger partial charge < -0.3 is 0 Å². The highest BCUT2D eigenvalue weighted by Crippen LogP contribution is 2.26. The van der Waals surface area contributed by atoms with Gasteiger partial charge in [-0.1, -0.05) is 26.8 Å². The summed E-state index contributed by atoms with van der Waals surface area (Å²) in [4.78, 5) is 11.2. The summed E-state index contributed by atoms with van der Waals surface area (Å²) < 4.78 is 0. The fraction of sp³-hybridized carbons (Fsp3) is 0.700. The molecule has 0 N–H and O–H groups in total. The molecule has 0 spiro atoms. The first-order valence-corrected chi connectivity index (χ1v) is 4.24. The molecule has 1 fully saturated rings. The second-order valence-electron chi connectivity index (χ2n) is 4.31. The average molecular weight is 152 g/mol. The molecule has 0 radical (unpaired) electrons. The van der Waals surface area contributed by atoms with Gasteiger partial charge in [0.1, 0.15) is 0 Å². The van der Waals surface area contributed by atoms with Crippen LogP contribution in [0, 0.1) is 5.41 Å². The van der Waals surface area contributed by atoms with E-state index in [4.69, 9.17) is 0 Å². The van der Waals surface area contributed by atoms with E-state index in [0.717, 1.165) is 24.8 Å². The van der Waals surface area contributed by atoms with Gasteiger partial charge in [0.25, 0.3) is 0 Å². The molecule has 1 aliphatic rings. The van der Waals surface area contributed by atoms with E-state index in [-0.39, 0.29) is 5.41 Å². The van der Waals surface area contributed by atoms with Gasteiger partial charge in [0.15, 0.2) is 5.78 Å². The predicted octanol–water partition coefficient (Wildman–Crippen LogP) is 2.71. The number of hydrogen-bond donors (Lipinski definition) is 0. The van der Waals surface area contributed by atoms with Crippen LogP contribution in [0.4, 0.5) is 0 Å². The largest absolute Gasteiger partial charge is 0.295 e. The maximum atomic E-state index is 11.2. The third kappa shape index (κ3) is 2.49. The molecule has 0 amide bonds. The van der Waals surface area contributed by atoms with E-state index in [9.17, 15) is 4.79 Å². The molecule has 0 unspecified atom stereocenters. The topological polar surface area (TPSA) is 17.1 Å². The Hall–Kier alpha value is -0.590. The van der Waals surface area contributed by atoms with Crippen molar-refractivity contribution in [3.05, 3.63) is 11.6 Å². The molecule has 0 heterocycles. The molecule has 62 valence electrons. The zero-order valence-electron chi connectivity index (χ0n) is 7.61. The molecule has 1 saturated carbocycles. The summed E-state index contributed by atoms with van der Waals surface area (Å²) in [5.74, 6) is 0.361. The number of rotatable bonds is 0. The molecule has 11 heavy (non-hydrogen) atoms. The minimum absolute atomic E-state index is 0.162. The Morgan fingerprint density at radius 1 is 1.27 bits per heavy atom. The van der Waals surface area contributed by atoms with Crippen LogP contribution in [0.2, 0.25) is 0 Å². The van der Waals surface area contributed by atoms with Crippen LogP contribution in [-0.2, 0) is 4.79 Å².